The lowest BCUT2D eigenvalue weighted by molar-refractivity contribution is 0.101. The third-order valence-electron chi connectivity index (χ3n) is 3.18. The zero-order valence-corrected chi connectivity index (χ0v) is 10.6. The molecular formula is C13H14F2O2S. The Bertz CT molecular complexity index is 482. The van der Waals surface area contributed by atoms with Gasteiger partial charge in [-0.1, -0.05) is 12.8 Å². The highest BCUT2D eigenvalue weighted by Gasteiger charge is 2.24. The molecule has 18 heavy (non-hydrogen) atoms. The molecule has 1 atom stereocenters. The van der Waals surface area contributed by atoms with Gasteiger partial charge >= 0.3 is 0 Å². The minimum atomic E-state index is -1.25. The third kappa shape index (κ3) is 3.02. The second-order valence-electron chi connectivity index (χ2n) is 4.48. The van der Waals surface area contributed by atoms with Crippen LogP contribution in [-0.4, -0.2) is 21.0 Å². The van der Waals surface area contributed by atoms with Crippen molar-refractivity contribution >= 4 is 16.6 Å². The number of Topliss-reactive ketones (excluding diaryl/α,β-unsaturated/α-hetero) is 1. The molecule has 1 aliphatic rings. The second kappa shape index (κ2) is 5.69. The molecule has 1 unspecified atom stereocenters. The van der Waals surface area contributed by atoms with Crippen LogP contribution in [0.5, 0.6) is 0 Å². The molecule has 0 radical (unpaired) electrons. The van der Waals surface area contributed by atoms with E-state index in [2.05, 4.69) is 0 Å². The number of ketones is 1. The Labute approximate surface area is 107 Å². The summed E-state index contributed by atoms with van der Waals surface area (Å²) in [6.45, 7) is 0. The van der Waals surface area contributed by atoms with Crippen LogP contribution in [0, 0.1) is 11.6 Å². The molecule has 0 heterocycles. The summed E-state index contributed by atoms with van der Waals surface area (Å²) in [5.74, 6) is -2.30. The lowest BCUT2D eigenvalue weighted by Gasteiger charge is -2.08. The van der Waals surface area contributed by atoms with Crippen LogP contribution in [0.2, 0.25) is 0 Å². The van der Waals surface area contributed by atoms with E-state index in [4.69, 9.17) is 0 Å². The first-order chi connectivity index (χ1) is 8.58. The molecule has 98 valence electrons. The summed E-state index contributed by atoms with van der Waals surface area (Å²) in [7, 11) is -1.25. The molecule has 0 saturated heterocycles. The van der Waals surface area contributed by atoms with Gasteiger partial charge in [0.25, 0.3) is 0 Å². The largest absolute Gasteiger partial charge is 0.293 e. The fraction of sp³-hybridized carbons (Fsp3) is 0.462. The highest BCUT2D eigenvalue weighted by atomic mass is 32.2. The minimum absolute atomic E-state index is 0.0532. The first-order valence-electron chi connectivity index (χ1n) is 5.93. The SMILES string of the molecule is O=C(CS(=O)C1CCCC1)c1ccc(F)cc1F. The molecule has 0 N–H and O–H groups in total. The maximum Gasteiger partial charge on any atom is 0.178 e. The van der Waals surface area contributed by atoms with E-state index >= 15 is 0 Å². The van der Waals surface area contributed by atoms with E-state index in [9.17, 15) is 17.8 Å². The quantitative estimate of drug-likeness (QED) is 0.790. The van der Waals surface area contributed by atoms with Crippen LogP contribution in [0.4, 0.5) is 8.78 Å². The van der Waals surface area contributed by atoms with Gasteiger partial charge in [0.2, 0.25) is 0 Å². The lowest BCUT2D eigenvalue weighted by Crippen LogP contribution is -2.20. The molecule has 5 heteroatoms. The van der Waals surface area contributed by atoms with Gasteiger partial charge in [-0.05, 0) is 25.0 Å². The summed E-state index contributed by atoms with van der Waals surface area (Å²) >= 11 is 0. The van der Waals surface area contributed by atoms with Crippen molar-refractivity contribution in [1.82, 2.24) is 0 Å². The number of rotatable bonds is 4. The van der Waals surface area contributed by atoms with E-state index in [-0.39, 0.29) is 16.6 Å². The van der Waals surface area contributed by atoms with Gasteiger partial charge in [-0.15, -0.1) is 0 Å². The average molecular weight is 272 g/mol. The van der Waals surface area contributed by atoms with Crippen molar-refractivity contribution in [3.8, 4) is 0 Å². The Morgan fingerprint density at radius 1 is 1.28 bits per heavy atom. The summed E-state index contributed by atoms with van der Waals surface area (Å²) in [5.41, 5.74) is -0.178. The molecule has 1 fully saturated rings. The lowest BCUT2D eigenvalue weighted by atomic mass is 10.1. The van der Waals surface area contributed by atoms with Gasteiger partial charge in [-0.25, -0.2) is 8.78 Å². The van der Waals surface area contributed by atoms with Crippen molar-refractivity contribution < 1.29 is 17.8 Å². The summed E-state index contributed by atoms with van der Waals surface area (Å²) in [4.78, 5) is 11.8. The number of benzene rings is 1. The van der Waals surface area contributed by atoms with Crippen molar-refractivity contribution in [2.45, 2.75) is 30.9 Å². The van der Waals surface area contributed by atoms with Crippen molar-refractivity contribution in [2.75, 3.05) is 5.75 Å². The smallest absolute Gasteiger partial charge is 0.178 e. The molecule has 1 aliphatic carbocycles. The zero-order valence-electron chi connectivity index (χ0n) is 9.83. The van der Waals surface area contributed by atoms with Gasteiger partial charge in [-0.3, -0.25) is 9.00 Å². The van der Waals surface area contributed by atoms with Gasteiger partial charge in [0.1, 0.15) is 11.6 Å². The predicted molar refractivity (Wildman–Crippen MR) is 66.0 cm³/mol. The van der Waals surface area contributed by atoms with Crippen LogP contribution in [0.15, 0.2) is 18.2 Å². The summed E-state index contributed by atoms with van der Waals surface area (Å²) in [6.07, 6.45) is 3.81. The van der Waals surface area contributed by atoms with Crippen LogP contribution in [0.1, 0.15) is 36.0 Å². The fourth-order valence-electron chi connectivity index (χ4n) is 2.19. The van der Waals surface area contributed by atoms with Gasteiger partial charge < -0.3 is 0 Å². The number of carbonyl (C=O) groups is 1. The van der Waals surface area contributed by atoms with E-state index in [0.717, 1.165) is 37.8 Å². The highest BCUT2D eigenvalue weighted by Crippen LogP contribution is 2.23. The van der Waals surface area contributed by atoms with Crippen LogP contribution in [0.25, 0.3) is 0 Å². The van der Waals surface area contributed by atoms with E-state index in [1.807, 2.05) is 0 Å². The third-order valence-corrected chi connectivity index (χ3v) is 4.94. The van der Waals surface area contributed by atoms with Crippen LogP contribution < -0.4 is 0 Å². The first kappa shape index (κ1) is 13.3. The minimum Gasteiger partial charge on any atom is -0.293 e. The van der Waals surface area contributed by atoms with E-state index < -0.39 is 28.2 Å². The maximum atomic E-state index is 13.4. The van der Waals surface area contributed by atoms with Gasteiger partial charge in [0.15, 0.2) is 5.78 Å². The Morgan fingerprint density at radius 3 is 2.56 bits per heavy atom. The molecule has 0 aliphatic heterocycles. The molecule has 1 saturated carbocycles. The number of hydrogen-bond donors (Lipinski definition) is 0. The van der Waals surface area contributed by atoms with Crippen molar-refractivity contribution in [3.05, 3.63) is 35.4 Å². The van der Waals surface area contributed by atoms with Gasteiger partial charge in [0.05, 0.1) is 11.3 Å². The van der Waals surface area contributed by atoms with E-state index in [1.165, 1.54) is 0 Å². The van der Waals surface area contributed by atoms with Crippen LogP contribution in [0.3, 0.4) is 0 Å². The molecule has 0 bridgehead atoms. The predicted octanol–water partition coefficient (Wildman–Crippen LogP) is 2.84. The number of hydrogen-bond acceptors (Lipinski definition) is 2. The Morgan fingerprint density at radius 2 is 1.94 bits per heavy atom. The molecule has 0 aromatic heterocycles. The van der Waals surface area contributed by atoms with Gasteiger partial charge in [-0.2, -0.15) is 0 Å². The number of carbonyl (C=O) groups excluding carboxylic acids is 1. The zero-order chi connectivity index (χ0) is 13.1. The molecule has 0 amide bonds. The summed E-state index contributed by atoms with van der Waals surface area (Å²) in [6, 6.07) is 2.82. The van der Waals surface area contributed by atoms with Gasteiger partial charge in [0, 0.05) is 22.1 Å². The van der Waals surface area contributed by atoms with Crippen molar-refractivity contribution in [2.24, 2.45) is 0 Å². The maximum absolute atomic E-state index is 13.4. The van der Waals surface area contributed by atoms with E-state index in [0.29, 0.717) is 6.07 Å². The Balaban J connectivity index is 2.05. The molecule has 0 spiro atoms. The van der Waals surface area contributed by atoms with E-state index in [1.54, 1.807) is 0 Å². The molecule has 1 aromatic carbocycles. The van der Waals surface area contributed by atoms with Crippen molar-refractivity contribution in [3.63, 3.8) is 0 Å². The molecule has 2 rings (SSSR count). The number of halogens is 2. The first-order valence-corrected chi connectivity index (χ1v) is 7.31. The molecule has 1 aromatic rings. The normalized spacial score (nSPS) is 17.9. The monoisotopic (exact) mass is 272 g/mol. The Kier molecular flexibility index (Phi) is 4.22. The van der Waals surface area contributed by atoms with Crippen LogP contribution >= 0.6 is 0 Å². The summed E-state index contributed by atoms with van der Waals surface area (Å²) in [5, 5.41) is 0.0532. The highest BCUT2D eigenvalue weighted by molar-refractivity contribution is 7.86. The molecular weight excluding hydrogens is 258 g/mol. The van der Waals surface area contributed by atoms with Crippen molar-refractivity contribution in [1.29, 1.82) is 0 Å². The summed E-state index contributed by atoms with van der Waals surface area (Å²) < 4.78 is 38.0. The molecule has 2 nitrogen and oxygen atoms in total. The van der Waals surface area contributed by atoms with Crippen LogP contribution in [-0.2, 0) is 10.8 Å². The fourth-order valence-corrected chi connectivity index (χ4v) is 3.70. The second-order valence-corrected chi connectivity index (χ2v) is 6.20. The average Bonchev–Trinajstić information content (AvgIpc) is 2.81. The standard InChI is InChI=1S/C13H14F2O2S/c14-9-5-6-11(12(15)7-9)13(16)8-18(17)10-3-1-2-4-10/h5-7,10H,1-4,8H2. The topological polar surface area (TPSA) is 34.1 Å². The Hall–Kier alpha value is -1.10.